The van der Waals surface area contributed by atoms with Crippen molar-refractivity contribution in [3.63, 3.8) is 0 Å². The van der Waals surface area contributed by atoms with Crippen LogP contribution in [0.2, 0.25) is 0 Å². The highest BCUT2D eigenvalue weighted by Crippen LogP contribution is 1.67. The molecule has 0 unspecified atom stereocenters. The lowest BCUT2D eigenvalue weighted by Gasteiger charge is -1.71. The van der Waals surface area contributed by atoms with Crippen LogP contribution in [0, 0.1) is 0 Å². The van der Waals surface area contributed by atoms with E-state index in [0.29, 0.717) is 0 Å². The Hall–Kier alpha value is -0.530. The van der Waals surface area contributed by atoms with Crippen LogP contribution in [0.4, 0.5) is 0 Å². The average molecular weight is 77.1 g/mol. The number of carboxylic acid groups (broad SMARTS) is 1. The molecule has 0 aliphatic heterocycles. The van der Waals surface area contributed by atoms with Crippen LogP contribution >= 0.6 is 0 Å². The molecule has 0 bridgehead atoms. The Morgan fingerprint density at radius 1 is 2.60 bits per heavy atom. The monoisotopic (exact) mass is 77.1 g/mol. The summed E-state index contributed by atoms with van der Waals surface area (Å²) in [6, 6.07) is 0. The van der Waals surface area contributed by atoms with Crippen LogP contribution in [0.15, 0.2) is 0 Å². The normalized spacial score (nSPS) is 18.2. The molecule has 0 aromatic rings. The molecule has 0 aliphatic rings. The molecular weight excluding hydrogens is 68.0 g/mol. The zero-order valence-corrected chi connectivity index (χ0v) is 2.82. The van der Waals surface area contributed by atoms with Gasteiger partial charge < -0.3 is 5.11 Å². The van der Waals surface area contributed by atoms with Crippen molar-refractivity contribution in [1.82, 2.24) is 0 Å². The molecule has 2 heteroatoms. The molecule has 0 spiro atoms. The molecule has 0 heterocycles. The van der Waals surface area contributed by atoms with E-state index in [0.717, 1.165) is 6.92 Å². The Kier molecular flexibility index (Phi) is 0.452. The van der Waals surface area contributed by atoms with Crippen LogP contribution in [0.1, 0.15) is 16.0 Å². The van der Waals surface area contributed by atoms with Crippen molar-refractivity contribution >= 4 is 5.97 Å². The van der Waals surface area contributed by atoms with Gasteiger partial charge in [0.25, 0.3) is 1.43 Å². The molecule has 2 nitrogen and oxygen atoms in total. The number of aliphatic carboxylic acids is 1. The van der Waals surface area contributed by atoms with E-state index in [1.165, 1.54) is 0 Å². The van der Waals surface area contributed by atoms with Crippen molar-refractivity contribution in [1.29, 1.82) is 1.43 Å². The van der Waals surface area contributed by atoms with Gasteiger partial charge in [-0.15, -0.1) is 0 Å². The summed E-state index contributed by atoms with van der Waals surface area (Å²) in [6.45, 7) is 1.03. The molecule has 0 atom stereocenters. The molecule has 5 heavy (non-hydrogen) atoms. The number of carbonyl (C=O) groups is 1. The first-order chi connectivity index (χ1) is 3.48. The average Bonchev–Trinajstić information content (AvgIpc) is 1.62. The summed E-state index contributed by atoms with van der Waals surface area (Å²) in [6.07, 6.45) is -2.04. The van der Waals surface area contributed by atoms with Gasteiger partial charge in [0.15, 0.2) is 0 Å². The maximum absolute atomic E-state index is 10.0. The van der Waals surface area contributed by atoms with Crippen LogP contribution in [0.3, 0.4) is 0 Å². The van der Waals surface area contributed by atoms with Crippen molar-refractivity contribution in [2.75, 3.05) is 0 Å². The van der Waals surface area contributed by atoms with E-state index in [-0.39, 0.29) is 0 Å². The van der Waals surface area contributed by atoms with Crippen molar-refractivity contribution in [3.8, 4) is 0 Å². The fourth-order valence-corrected chi connectivity index (χ4v) is 0. The van der Waals surface area contributed by atoms with Gasteiger partial charge in [-0.1, -0.05) is 6.92 Å². The maximum atomic E-state index is 10.0. The molecule has 0 amide bonds. The minimum absolute atomic E-state index is 1.03. The predicted octanol–water partition coefficient (Wildman–Crippen LogP) is 0.481. The van der Waals surface area contributed by atoms with E-state index in [9.17, 15) is 4.79 Å². The van der Waals surface area contributed by atoms with E-state index < -0.39 is 12.3 Å². The zero-order valence-electron chi connectivity index (χ0n) is 5.82. The highest BCUT2D eigenvalue weighted by Gasteiger charge is 1.80. The summed E-state index contributed by atoms with van der Waals surface area (Å²) in [4.78, 5) is 10.0. The van der Waals surface area contributed by atoms with Gasteiger partial charge in [0.2, 0.25) is 0 Å². The third-order valence-electron chi connectivity index (χ3n) is 0.204. The fourth-order valence-electron chi connectivity index (χ4n) is 0. The third-order valence-corrected chi connectivity index (χ3v) is 0.204. The first-order valence-corrected chi connectivity index (χ1v) is 1.16. The molecule has 30 valence electrons. The molecule has 0 fully saturated rings. The number of carboxylic acids is 1. The first-order valence-electron chi connectivity index (χ1n) is 2.57. The molecule has 0 saturated carbocycles. The van der Waals surface area contributed by atoms with Crippen LogP contribution in [-0.4, -0.2) is 11.1 Å². The largest absolute Gasteiger partial charge is 0.481 e. The topological polar surface area (TPSA) is 37.3 Å². The lowest BCUT2D eigenvalue weighted by molar-refractivity contribution is -0.136. The second-order valence-electron chi connectivity index (χ2n) is 0.537. The van der Waals surface area contributed by atoms with Gasteiger partial charge >= 0.3 is 5.97 Å². The summed E-state index contributed by atoms with van der Waals surface area (Å²) in [7, 11) is 0. The maximum Gasteiger partial charge on any atom is 0.303 e. The third kappa shape index (κ3) is 3.47. The Bertz CT molecular complexity index is 95.2. The fraction of sp³-hybridized carbons (Fsp3) is 0.667. The van der Waals surface area contributed by atoms with Crippen molar-refractivity contribution < 1.29 is 12.6 Å². The molecule has 0 saturated heterocycles. The summed E-state index contributed by atoms with van der Waals surface area (Å²) in [5.41, 5.74) is 0. The van der Waals surface area contributed by atoms with E-state index in [2.05, 4.69) is 5.11 Å². The number of hydrogen-bond acceptors (Lipinski definition) is 2. The summed E-state index contributed by atoms with van der Waals surface area (Å²) in [5, 5.41) is 3.35. The van der Waals surface area contributed by atoms with Crippen LogP contribution in [-0.2, 0) is 4.79 Å². The summed E-state index contributed by atoms with van der Waals surface area (Å²) >= 11 is 0. The Morgan fingerprint density at radius 3 is 3.20 bits per heavy atom. The van der Waals surface area contributed by atoms with Crippen LogP contribution < -0.4 is 0 Å². The van der Waals surface area contributed by atoms with Gasteiger partial charge in [-0.05, 0) is 0 Å². The van der Waals surface area contributed by atoms with Gasteiger partial charge in [0.1, 0.15) is 0 Å². The molecule has 0 aromatic carbocycles. The predicted molar refractivity (Wildman–Crippen MR) is 17.9 cm³/mol. The van der Waals surface area contributed by atoms with E-state index >= 15 is 0 Å². The van der Waals surface area contributed by atoms with E-state index in [4.69, 9.17) is 4.17 Å². The number of hydrogen-bond donors (Lipinski definition) is 1. The number of rotatable bonds is 1. The molecule has 0 radical (unpaired) electrons. The van der Waals surface area contributed by atoms with Crippen molar-refractivity contribution in [2.45, 2.75) is 13.3 Å². The Labute approximate surface area is 34.7 Å². The van der Waals surface area contributed by atoms with Crippen LogP contribution in [0.5, 0.6) is 0 Å². The highest BCUT2D eigenvalue weighted by molar-refractivity contribution is 5.66. The molecule has 0 aliphatic carbocycles. The van der Waals surface area contributed by atoms with Crippen molar-refractivity contribution in [2.24, 2.45) is 0 Å². The van der Waals surface area contributed by atoms with Gasteiger partial charge in [-0.25, -0.2) is 0 Å². The molecule has 0 rings (SSSR count). The van der Waals surface area contributed by atoms with Gasteiger partial charge in [-0.2, -0.15) is 0 Å². The minimum atomic E-state index is -2.04. The zero-order chi connectivity index (χ0) is 6.78. The first kappa shape index (κ1) is 1.29. The molecule has 1 N–H and O–H groups in total. The van der Waals surface area contributed by atoms with E-state index in [1.54, 1.807) is 0 Å². The van der Waals surface area contributed by atoms with Crippen LogP contribution in [0.25, 0.3) is 1.43 Å². The quantitative estimate of drug-likeness (QED) is 0.494. The summed E-state index contributed by atoms with van der Waals surface area (Å²) < 4.78 is 19.2. The minimum Gasteiger partial charge on any atom is -0.481 e. The lowest BCUT2D eigenvalue weighted by Crippen LogP contribution is -1.86. The molecular formula is C3H6O2. The van der Waals surface area contributed by atoms with Gasteiger partial charge in [0, 0.05) is 9.11 Å². The second kappa shape index (κ2) is 1.76. The van der Waals surface area contributed by atoms with Gasteiger partial charge in [-0.3, -0.25) is 4.79 Å². The molecule has 0 aromatic heterocycles. The smallest absolute Gasteiger partial charge is 0.303 e. The Balaban J connectivity index is 3.82. The second-order valence-corrected chi connectivity index (χ2v) is 0.537. The highest BCUT2D eigenvalue weighted by atomic mass is 16.4. The van der Waals surface area contributed by atoms with Crippen molar-refractivity contribution in [3.05, 3.63) is 0 Å². The van der Waals surface area contributed by atoms with Gasteiger partial charge in [0.05, 0.1) is 0 Å². The SMILES string of the molecule is [2H]OC(=O)C([2H])([2H])C. The summed E-state index contributed by atoms with van der Waals surface area (Å²) in [5.74, 6) is -1.17. The lowest BCUT2D eigenvalue weighted by atomic mass is 10.5. The van der Waals surface area contributed by atoms with E-state index in [1.807, 2.05) is 0 Å². The standard InChI is InChI=1S/C3H6O2/c1-2-3(4)5/h2H2,1H3,(H,4,5)/i2D2/hD. The Morgan fingerprint density at radius 2 is 3.20 bits per heavy atom.